The van der Waals surface area contributed by atoms with Crippen molar-refractivity contribution in [1.82, 2.24) is 24.7 Å². The van der Waals surface area contributed by atoms with Crippen molar-refractivity contribution in [2.45, 2.75) is 20.4 Å². The molecular formula is C15H17N7. The van der Waals surface area contributed by atoms with Gasteiger partial charge in [0.25, 0.3) is 0 Å². The first-order valence-corrected chi connectivity index (χ1v) is 6.92. The summed E-state index contributed by atoms with van der Waals surface area (Å²) in [7, 11) is 0. The van der Waals surface area contributed by atoms with Crippen LogP contribution in [0.4, 0.5) is 11.5 Å². The molecule has 22 heavy (non-hydrogen) atoms. The Morgan fingerprint density at radius 1 is 1.27 bits per heavy atom. The van der Waals surface area contributed by atoms with E-state index in [1.165, 1.54) is 6.33 Å². The van der Waals surface area contributed by atoms with Crippen molar-refractivity contribution in [3.63, 3.8) is 0 Å². The van der Waals surface area contributed by atoms with Crippen LogP contribution in [-0.4, -0.2) is 24.7 Å². The summed E-state index contributed by atoms with van der Waals surface area (Å²) in [6, 6.07) is 5.85. The Morgan fingerprint density at radius 2 is 2.14 bits per heavy atom. The Labute approximate surface area is 128 Å². The summed E-state index contributed by atoms with van der Waals surface area (Å²) in [5, 5.41) is 7.62. The minimum absolute atomic E-state index is 0.470. The van der Waals surface area contributed by atoms with Crippen molar-refractivity contribution in [3.8, 4) is 5.82 Å². The number of aryl methyl sites for hydroxylation is 2. The summed E-state index contributed by atoms with van der Waals surface area (Å²) in [4.78, 5) is 12.5. The van der Waals surface area contributed by atoms with E-state index in [0.29, 0.717) is 23.9 Å². The first-order chi connectivity index (χ1) is 10.6. The highest BCUT2D eigenvalue weighted by Gasteiger charge is 2.12. The van der Waals surface area contributed by atoms with E-state index in [-0.39, 0.29) is 0 Å². The van der Waals surface area contributed by atoms with Crippen molar-refractivity contribution in [1.29, 1.82) is 0 Å². The summed E-state index contributed by atoms with van der Waals surface area (Å²) in [5.74, 6) is 1.16. The van der Waals surface area contributed by atoms with Crippen LogP contribution < -0.4 is 11.1 Å². The van der Waals surface area contributed by atoms with E-state index in [1.54, 1.807) is 17.1 Å². The van der Waals surface area contributed by atoms with E-state index in [1.807, 2.05) is 32.0 Å². The van der Waals surface area contributed by atoms with Crippen molar-refractivity contribution >= 4 is 11.5 Å². The number of hydrogen-bond donors (Lipinski definition) is 2. The SMILES string of the molecule is Cc1cc(C)n(-c2ncnc(NCc3cccnc3)c2N)n1. The van der Waals surface area contributed by atoms with Gasteiger partial charge in [0.1, 0.15) is 12.0 Å². The minimum atomic E-state index is 0.470. The largest absolute Gasteiger partial charge is 0.393 e. The second kappa shape index (κ2) is 5.80. The summed E-state index contributed by atoms with van der Waals surface area (Å²) in [6.45, 7) is 4.48. The van der Waals surface area contributed by atoms with E-state index >= 15 is 0 Å². The van der Waals surface area contributed by atoms with Gasteiger partial charge in [-0.25, -0.2) is 14.6 Å². The summed E-state index contributed by atoms with van der Waals surface area (Å²) < 4.78 is 1.72. The molecule has 0 aliphatic rings. The molecule has 3 N–H and O–H groups in total. The molecule has 0 saturated heterocycles. The van der Waals surface area contributed by atoms with Crippen LogP contribution in [0.1, 0.15) is 17.0 Å². The molecule has 3 aromatic rings. The van der Waals surface area contributed by atoms with Crippen LogP contribution in [0.15, 0.2) is 36.9 Å². The highest BCUT2D eigenvalue weighted by molar-refractivity contribution is 5.69. The zero-order valence-electron chi connectivity index (χ0n) is 12.5. The molecule has 3 rings (SSSR count). The average molecular weight is 295 g/mol. The second-order valence-electron chi connectivity index (χ2n) is 5.01. The normalized spacial score (nSPS) is 10.6. The molecule has 0 spiro atoms. The molecule has 0 unspecified atom stereocenters. The fraction of sp³-hybridized carbons (Fsp3) is 0.200. The van der Waals surface area contributed by atoms with Crippen LogP contribution >= 0.6 is 0 Å². The van der Waals surface area contributed by atoms with Gasteiger partial charge in [-0.2, -0.15) is 5.10 Å². The number of nitrogens with two attached hydrogens (primary N) is 1. The highest BCUT2D eigenvalue weighted by atomic mass is 15.3. The molecule has 0 aromatic carbocycles. The maximum absolute atomic E-state index is 6.19. The number of nitrogens with one attached hydrogen (secondary N) is 1. The van der Waals surface area contributed by atoms with Crippen LogP contribution in [0.25, 0.3) is 5.82 Å². The molecule has 0 aliphatic heterocycles. The quantitative estimate of drug-likeness (QED) is 0.763. The molecule has 112 valence electrons. The molecule has 7 nitrogen and oxygen atoms in total. The van der Waals surface area contributed by atoms with Crippen LogP contribution in [0.2, 0.25) is 0 Å². The first kappa shape index (κ1) is 14.0. The maximum atomic E-state index is 6.19. The van der Waals surface area contributed by atoms with E-state index < -0.39 is 0 Å². The topological polar surface area (TPSA) is 94.5 Å². The van der Waals surface area contributed by atoms with Gasteiger partial charge in [-0.05, 0) is 31.5 Å². The van der Waals surface area contributed by atoms with Crippen LogP contribution in [-0.2, 0) is 6.54 Å². The smallest absolute Gasteiger partial charge is 0.182 e. The fourth-order valence-corrected chi connectivity index (χ4v) is 2.23. The van der Waals surface area contributed by atoms with Crippen molar-refractivity contribution < 1.29 is 0 Å². The molecule has 7 heteroatoms. The molecule has 0 aliphatic carbocycles. The summed E-state index contributed by atoms with van der Waals surface area (Å²) in [5.41, 5.74) is 9.60. The Bertz CT molecular complexity index is 780. The monoisotopic (exact) mass is 295 g/mol. The number of nitrogen functional groups attached to an aromatic ring is 1. The van der Waals surface area contributed by atoms with E-state index in [4.69, 9.17) is 5.73 Å². The number of pyridine rings is 1. The van der Waals surface area contributed by atoms with Gasteiger partial charge in [0.15, 0.2) is 11.6 Å². The van der Waals surface area contributed by atoms with E-state index in [2.05, 4.69) is 25.4 Å². The van der Waals surface area contributed by atoms with Gasteiger partial charge in [-0.1, -0.05) is 6.07 Å². The minimum Gasteiger partial charge on any atom is -0.393 e. The lowest BCUT2D eigenvalue weighted by Gasteiger charge is -2.11. The lowest BCUT2D eigenvalue weighted by atomic mass is 10.3. The molecule has 0 fully saturated rings. The third-order valence-corrected chi connectivity index (χ3v) is 3.26. The molecule has 0 radical (unpaired) electrons. The number of nitrogens with zero attached hydrogens (tertiary/aromatic N) is 5. The molecule has 0 bridgehead atoms. The predicted molar refractivity (Wildman–Crippen MR) is 84.6 cm³/mol. The maximum Gasteiger partial charge on any atom is 0.182 e. The van der Waals surface area contributed by atoms with Gasteiger partial charge >= 0.3 is 0 Å². The highest BCUT2D eigenvalue weighted by Crippen LogP contribution is 2.23. The van der Waals surface area contributed by atoms with Crippen LogP contribution in [0.5, 0.6) is 0 Å². The standard InChI is InChI=1S/C15H17N7/c1-10-6-11(2)22(21-10)15-13(16)14(19-9-20-15)18-8-12-4-3-5-17-7-12/h3-7,9H,8,16H2,1-2H3,(H,18,19,20). The molecule has 3 aromatic heterocycles. The molecule has 0 saturated carbocycles. The Morgan fingerprint density at radius 3 is 2.82 bits per heavy atom. The van der Waals surface area contributed by atoms with Crippen LogP contribution in [0.3, 0.4) is 0 Å². The molecule has 0 atom stereocenters. The molecular weight excluding hydrogens is 278 g/mol. The third-order valence-electron chi connectivity index (χ3n) is 3.26. The van der Waals surface area contributed by atoms with Gasteiger partial charge < -0.3 is 11.1 Å². The Balaban J connectivity index is 1.88. The predicted octanol–water partition coefficient (Wildman–Crippen LogP) is 1.87. The van der Waals surface area contributed by atoms with Crippen molar-refractivity contribution in [2.75, 3.05) is 11.1 Å². The summed E-state index contributed by atoms with van der Waals surface area (Å²) >= 11 is 0. The zero-order chi connectivity index (χ0) is 15.5. The number of rotatable bonds is 4. The number of aromatic nitrogens is 5. The third kappa shape index (κ3) is 2.73. The van der Waals surface area contributed by atoms with Crippen molar-refractivity contribution in [2.24, 2.45) is 0 Å². The van der Waals surface area contributed by atoms with Crippen LogP contribution in [0, 0.1) is 13.8 Å². The fourth-order valence-electron chi connectivity index (χ4n) is 2.23. The van der Waals surface area contributed by atoms with E-state index in [0.717, 1.165) is 17.0 Å². The van der Waals surface area contributed by atoms with E-state index in [9.17, 15) is 0 Å². The van der Waals surface area contributed by atoms with Gasteiger partial charge in [-0.3, -0.25) is 4.98 Å². The summed E-state index contributed by atoms with van der Waals surface area (Å²) in [6.07, 6.45) is 5.02. The van der Waals surface area contributed by atoms with Gasteiger partial charge in [-0.15, -0.1) is 0 Å². The Kier molecular flexibility index (Phi) is 3.69. The molecule has 0 amide bonds. The van der Waals surface area contributed by atoms with Gasteiger partial charge in [0.05, 0.1) is 5.69 Å². The van der Waals surface area contributed by atoms with Crippen molar-refractivity contribution in [3.05, 3.63) is 53.9 Å². The molecule has 3 heterocycles. The average Bonchev–Trinajstić information content (AvgIpc) is 2.86. The first-order valence-electron chi connectivity index (χ1n) is 6.92. The Hall–Kier alpha value is -2.96. The second-order valence-corrected chi connectivity index (χ2v) is 5.01. The van der Waals surface area contributed by atoms with Gasteiger partial charge in [0.2, 0.25) is 0 Å². The number of hydrogen-bond acceptors (Lipinski definition) is 6. The lowest BCUT2D eigenvalue weighted by Crippen LogP contribution is -2.11. The number of anilines is 2. The zero-order valence-corrected chi connectivity index (χ0v) is 12.5. The van der Waals surface area contributed by atoms with Gasteiger partial charge in [0, 0.05) is 24.6 Å². The lowest BCUT2D eigenvalue weighted by molar-refractivity contribution is 0.803.